The van der Waals surface area contributed by atoms with Crippen molar-refractivity contribution in [3.63, 3.8) is 0 Å². The van der Waals surface area contributed by atoms with Gasteiger partial charge in [0.2, 0.25) is 5.91 Å². The van der Waals surface area contributed by atoms with Crippen molar-refractivity contribution < 1.29 is 24.2 Å². The minimum absolute atomic E-state index is 0.0136. The first kappa shape index (κ1) is 25.9. The van der Waals surface area contributed by atoms with Gasteiger partial charge in [0, 0.05) is 32.2 Å². The van der Waals surface area contributed by atoms with Gasteiger partial charge in [-0.3, -0.25) is 9.69 Å². The Labute approximate surface area is 208 Å². The van der Waals surface area contributed by atoms with Gasteiger partial charge in [0.15, 0.2) is 0 Å². The number of rotatable bonds is 7. The van der Waals surface area contributed by atoms with Crippen LogP contribution in [0, 0.1) is 0 Å². The van der Waals surface area contributed by atoms with Crippen LogP contribution in [0.25, 0.3) is 0 Å². The third kappa shape index (κ3) is 7.39. The van der Waals surface area contributed by atoms with Gasteiger partial charge in [0.1, 0.15) is 6.10 Å². The molecule has 9 nitrogen and oxygen atoms in total. The molecule has 3 aliphatic rings. The number of aliphatic hydroxyl groups is 1. The molecule has 0 aromatic heterocycles. The number of likely N-dealkylation sites (tertiary alicyclic amines) is 1. The predicted molar refractivity (Wildman–Crippen MR) is 132 cm³/mol. The van der Waals surface area contributed by atoms with Gasteiger partial charge in [0.25, 0.3) is 0 Å². The molecule has 0 bridgehead atoms. The van der Waals surface area contributed by atoms with Gasteiger partial charge in [-0.15, -0.1) is 0 Å². The predicted octanol–water partition coefficient (Wildman–Crippen LogP) is 1.50. The number of hydrogen-bond acceptors (Lipinski definition) is 6. The van der Waals surface area contributed by atoms with Crippen molar-refractivity contribution in [1.82, 2.24) is 20.4 Å². The van der Waals surface area contributed by atoms with E-state index in [0.29, 0.717) is 32.4 Å². The smallest absolute Gasteiger partial charge is 0.317 e. The van der Waals surface area contributed by atoms with E-state index in [-0.39, 0.29) is 49.4 Å². The Balaban J connectivity index is 1.26. The minimum Gasteiger partial charge on any atom is -0.389 e. The summed E-state index contributed by atoms with van der Waals surface area (Å²) in [7, 11) is 0. The van der Waals surface area contributed by atoms with Crippen molar-refractivity contribution >= 4 is 11.9 Å². The fourth-order valence-corrected chi connectivity index (χ4v) is 5.34. The normalized spacial score (nSPS) is 29.7. The molecule has 4 rings (SSSR count). The maximum atomic E-state index is 12.8. The second-order valence-corrected chi connectivity index (χ2v) is 9.99. The summed E-state index contributed by atoms with van der Waals surface area (Å²) in [5.41, 5.74) is 1.29. The van der Waals surface area contributed by atoms with Gasteiger partial charge in [-0.2, -0.15) is 0 Å². The molecule has 0 unspecified atom stereocenters. The van der Waals surface area contributed by atoms with Gasteiger partial charge in [-0.05, 0) is 31.2 Å². The molecule has 0 spiro atoms. The second kappa shape index (κ2) is 12.7. The van der Waals surface area contributed by atoms with E-state index < -0.39 is 6.10 Å². The monoisotopic (exact) mass is 488 g/mol. The number of nitrogens with zero attached hydrogens (tertiary/aromatic N) is 2. The molecule has 3 N–H and O–H groups in total. The highest BCUT2D eigenvalue weighted by atomic mass is 16.5. The number of urea groups is 1. The summed E-state index contributed by atoms with van der Waals surface area (Å²) in [6.07, 6.45) is 2.27. The topological polar surface area (TPSA) is 103 Å². The van der Waals surface area contributed by atoms with Crippen LogP contribution in [0.3, 0.4) is 0 Å². The summed E-state index contributed by atoms with van der Waals surface area (Å²) in [4.78, 5) is 29.6. The Morgan fingerprint density at radius 2 is 1.94 bits per heavy atom. The third-order valence-electron chi connectivity index (χ3n) is 7.07. The minimum atomic E-state index is -0.723. The molecule has 3 heterocycles. The second-order valence-electron chi connectivity index (χ2n) is 9.99. The lowest BCUT2D eigenvalue weighted by atomic mass is 9.95. The molecule has 1 aromatic carbocycles. The zero-order chi connectivity index (χ0) is 24.6. The van der Waals surface area contributed by atoms with Crippen molar-refractivity contribution in [1.29, 1.82) is 0 Å². The number of benzene rings is 1. The highest BCUT2D eigenvalue weighted by Crippen LogP contribution is 2.28. The highest BCUT2D eigenvalue weighted by Gasteiger charge is 2.40. The van der Waals surface area contributed by atoms with Crippen LogP contribution in [-0.4, -0.2) is 96.6 Å². The maximum absolute atomic E-state index is 12.8. The van der Waals surface area contributed by atoms with Crippen molar-refractivity contribution in [3.8, 4) is 0 Å². The average molecular weight is 489 g/mol. The van der Waals surface area contributed by atoms with Crippen molar-refractivity contribution in [2.24, 2.45) is 0 Å². The highest BCUT2D eigenvalue weighted by molar-refractivity contribution is 5.77. The Morgan fingerprint density at radius 1 is 1.11 bits per heavy atom. The number of carbonyl (C=O) groups excluding carboxylic acids is 2. The van der Waals surface area contributed by atoms with Gasteiger partial charge >= 0.3 is 6.03 Å². The molecular weight excluding hydrogens is 448 g/mol. The summed E-state index contributed by atoms with van der Waals surface area (Å²) in [5.74, 6) is 0.0136. The van der Waals surface area contributed by atoms with Crippen LogP contribution < -0.4 is 10.6 Å². The first-order chi connectivity index (χ1) is 17.0. The molecule has 9 heteroatoms. The zero-order valence-corrected chi connectivity index (χ0v) is 20.7. The quantitative estimate of drug-likeness (QED) is 0.538. The van der Waals surface area contributed by atoms with Crippen molar-refractivity contribution in [2.45, 2.75) is 76.0 Å². The van der Waals surface area contributed by atoms with Crippen LogP contribution in [-0.2, 0) is 20.8 Å². The lowest BCUT2D eigenvalue weighted by molar-refractivity contribution is -0.150. The molecule has 0 aliphatic carbocycles. The summed E-state index contributed by atoms with van der Waals surface area (Å²) in [6.45, 7) is 6.01. The Hall–Kier alpha value is -2.20. The fourth-order valence-electron chi connectivity index (χ4n) is 5.34. The number of hydrogen-bond donors (Lipinski definition) is 3. The van der Waals surface area contributed by atoms with E-state index in [1.54, 1.807) is 4.90 Å². The number of aliphatic hydroxyl groups excluding tert-OH is 1. The lowest BCUT2D eigenvalue weighted by Crippen LogP contribution is -2.59. The maximum Gasteiger partial charge on any atom is 0.317 e. The molecule has 3 aliphatic heterocycles. The van der Waals surface area contributed by atoms with E-state index in [9.17, 15) is 14.7 Å². The van der Waals surface area contributed by atoms with E-state index in [4.69, 9.17) is 9.47 Å². The number of amides is 3. The standard InChI is InChI=1S/C26H40N4O5/c1-2-11-27-26(33)30-16-21(31)17-34-18-24-23(30)9-8-22(35-24)13-25(32)28-20-10-12-29(15-20)14-19-6-4-3-5-7-19/h3-7,20-24,31H,2,8-18H2,1H3,(H,27,33)(H,28,32)/t20-,21+,22+,23+,24-/m1/s1. The molecule has 0 radical (unpaired) electrons. The van der Waals surface area contributed by atoms with Crippen LogP contribution in [0.2, 0.25) is 0 Å². The van der Waals surface area contributed by atoms with E-state index in [1.165, 1.54) is 5.56 Å². The number of ether oxygens (including phenoxy) is 2. The zero-order valence-electron chi connectivity index (χ0n) is 20.7. The molecule has 3 amide bonds. The molecule has 3 saturated heterocycles. The number of fused-ring (bicyclic) bond motifs is 1. The Morgan fingerprint density at radius 3 is 2.74 bits per heavy atom. The van der Waals surface area contributed by atoms with E-state index in [2.05, 4.69) is 39.8 Å². The summed E-state index contributed by atoms with van der Waals surface area (Å²) < 4.78 is 11.9. The molecule has 0 saturated carbocycles. The van der Waals surface area contributed by atoms with Crippen LogP contribution in [0.15, 0.2) is 30.3 Å². The molecule has 194 valence electrons. The van der Waals surface area contributed by atoms with Crippen molar-refractivity contribution in [3.05, 3.63) is 35.9 Å². The molecule has 35 heavy (non-hydrogen) atoms. The van der Waals surface area contributed by atoms with Crippen LogP contribution >= 0.6 is 0 Å². The first-order valence-electron chi connectivity index (χ1n) is 13.0. The SMILES string of the molecule is CCCNC(=O)N1C[C@H](O)COC[C@H]2O[C@H](CC(=O)N[C@@H]3CCN(Cc4ccccc4)C3)CC[C@@H]21. The van der Waals surface area contributed by atoms with Crippen LogP contribution in [0.1, 0.15) is 44.6 Å². The van der Waals surface area contributed by atoms with E-state index in [1.807, 2.05) is 13.0 Å². The summed E-state index contributed by atoms with van der Waals surface area (Å²) >= 11 is 0. The van der Waals surface area contributed by atoms with E-state index in [0.717, 1.165) is 32.5 Å². The molecular formula is C26H40N4O5. The first-order valence-corrected chi connectivity index (χ1v) is 13.0. The van der Waals surface area contributed by atoms with Crippen LogP contribution in [0.5, 0.6) is 0 Å². The van der Waals surface area contributed by atoms with Gasteiger partial charge < -0.3 is 30.1 Å². The number of β-amino-alcohol motifs (C(OH)–C–C–N with tert-alkyl or cyclic N) is 1. The molecule has 1 aromatic rings. The van der Waals surface area contributed by atoms with Crippen LogP contribution in [0.4, 0.5) is 4.79 Å². The molecule has 5 atom stereocenters. The van der Waals surface area contributed by atoms with Gasteiger partial charge in [-0.1, -0.05) is 37.3 Å². The Bertz CT molecular complexity index is 825. The van der Waals surface area contributed by atoms with Gasteiger partial charge in [0.05, 0.1) is 44.4 Å². The van der Waals surface area contributed by atoms with Gasteiger partial charge in [-0.25, -0.2) is 4.79 Å². The average Bonchev–Trinajstić information content (AvgIpc) is 3.27. The summed E-state index contributed by atoms with van der Waals surface area (Å²) in [5, 5.41) is 16.3. The molecule has 3 fully saturated rings. The summed E-state index contributed by atoms with van der Waals surface area (Å²) in [6, 6.07) is 10.2. The number of nitrogens with one attached hydrogen (secondary N) is 2. The van der Waals surface area contributed by atoms with Crippen molar-refractivity contribution in [2.75, 3.05) is 39.4 Å². The number of carbonyl (C=O) groups is 2. The Kier molecular flexibility index (Phi) is 9.37. The van der Waals surface area contributed by atoms with E-state index >= 15 is 0 Å². The fraction of sp³-hybridized carbons (Fsp3) is 0.692. The lowest BCUT2D eigenvalue weighted by Gasteiger charge is -2.44. The largest absolute Gasteiger partial charge is 0.389 e. The third-order valence-corrected chi connectivity index (χ3v) is 7.07.